The third-order valence-corrected chi connectivity index (χ3v) is 5.45. The van der Waals surface area contributed by atoms with Gasteiger partial charge in [-0.1, -0.05) is 13.8 Å². The molecular formula is C14H31N3O3S. The first-order chi connectivity index (χ1) is 9.87. The molecule has 1 fully saturated rings. The fourth-order valence-electron chi connectivity index (χ4n) is 2.11. The highest BCUT2D eigenvalue weighted by molar-refractivity contribution is 7.86. The maximum absolute atomic E-state index is 12.6. The third-order valence-electron chi connectivity index (χ3n) is 3.49. The van der Waals surface area contributed by atoms with Crippen LogP contribution in [0, 0.1) is 5.92 Å². The van der Waals surface area contributed by atoms with Crippen LogP contribution in [0.25, 0.3) is 0 Å². The zero-order chi connectivity index (χ0) is 15.9. The summed E-state index contributed by atoms with van der Waals surface area (Å²) in [5.41, 5.74) is 0. The van der Waals surface area contributed by atoms with E-state index in [1.165, 1.54) is 21.5 Å². The van der Waals surface area contributed by atoms with Crippen molar-refractivity contribution in [2.45, 2.75) is 39.2 Å². The molecule has 21 heavy (non-hydrogen) atoms. The van der Waals surface area contributed by atoms with E-state index in [2.05, 4.69) is 5.32 Å². The summed E-state index contributed by atoms with van der Waals surface area (Å²) >= 11 is 0. The summed E-state index contributed by atoms with van der Waals surface area (Å²) in [6.07, 6.45) is 3.35. The van der Waals surface area contributed by atoms with Crippen molar-refractivity contribution in [1.82, 2.24) is 13.9 Å². The normalized spacial score (nSPS) is 16.3. The van der Waals surface area contributed by atoms with Gasteiger partial charge in [0, 0.05) is 39.8 Å². The molecule has 1 rings (SSSR count). The Morgan fingerprint density at radius 1 is 1.29 bits per heavy atom. The molecule has 1 saturated carbocycles. The first kappa shape index (κ1) is 18.8. The summed E-state index contributed by atoms with van der Waals surface area (Å²) in [5, 5.41) is 3.40. The number of methoxy groups -OCH3 is 1. The average molecular weight is 321 g/mol. The first-order valence-corrected chi connectivity index (χ1v) is 9.21. The van der Waals surface area contributed by atoms with Gasteiger partial charge in [-0.05, 0) is 31.7 Å². The maximum atomic E-state index is 12.6. The fourth-order valence-corrected chi connectivity index (χ4v) is 3.65. The number of nitrogens with one attached hydrogen (secondary N) is 1. The van der Waals surface area contributed by atoms with Gasteiger partial charge < -0.3 is 10.1 Å². The van der Waals surface area contributed by atoms with Crippen LogP contribution in [0.2, 0.25) is 0 Å². The topological polar surface area (TPSA) is 61.9 Å². The maximum Gasteiger partial charge on any atom is 0.281 e. The number of hydrogen-bond donors (Lipinski definition) is 1. The Morgan fingerprint density at radius 3 is 2.48 bits per heavy atom. The second-order valence-corrected chi connectivity index (χ2v) is 8.19. The van der Waals surface area contributed by atoms with Gasteiger partial charge in [0.15, 0.2) is 0 Å². The lowest BCUT2D eigenvalue weighted by atomic mass is 10.2. The van der Waals surface area contributed by atoms with Crippen LogP contribution >= 0.6 is 0 Å². The SMILES string of the molecule is COCCN(CC(C)C)S(=O)(=O)N(C)CCCNC1CC1. The Hall–Kier alpha value is -0.210. The highest BCUT2D eigenvalue weighted by Crippen LogP contribution is 2.18. The van der Waals surface area contributed by atoms with Crippen LogP contribution in [0.4, 0.5) is 0 Å². The third kappa shape index (κ3) is 7.06. The number of hydrogen-bond acceptors (Lipinski definition) is 4. The molecule has 0 heterocycles. The van der Waals surface area contributed by atoms with Crippen LogP contribution in [0.5, 0.6) is 0 Å². The van der Waals surface area contributed by atoms with Gasteiger partial charge in [0.05, 0.1) is 6.61 Å². The van der Waals surface area contributed by atoms with E-state index in [0.29, 0.717) is 38.2 Å². The van der Waals surface area contributed by atoms with Crippen molar-refractivity contribution in [3.8, 4) is 0 Å². The highest BCUT2D eigenvalue weighted by Gasteiger charge is 2.27. The van der Waals surface area contributed by atoms with E-state index in [1.807, 2.05) is 13.8 Å². The van der Waals surface area contributed by atoms with Crippen LogP contribution < -0.4 is 5.32 Å². The van der Waals surface area contributed by atoms with Gasteiger partial charge >= 0.3 is 0 Å². The zero-order valence-electron chi connectivity index (χ0n) is 13.8. The largest absolute Gasteiger partial charge is 0.383 e. The van der Waals surface area contributed by atoms with Crippen LogP contribution in [-0.2, 0) is 14.9 Å². The Morgan fingerprint density at radius 2 is 1.95 bits per heavy atom. The first-order valence-electron chi connectivity index (χ1n) is 7.81. The molecule has 1 aliphatic rings. The molecule has 0 bridgehead atoms. The lowest BCUT2D eigenvalue weighted by molar-refractivity contribution is 0.172. The molecule has 0 unspecified atom stereocenters. The molecule has 0 aliphatic heterocycles. The van der Waals surface area contributed by atoms with E-state index in [4.69, 9.17) is 4.74 Å². The van der Waals surface area contributed by atoms with Gasteiger partial charge in [-0.25, -0.2) is 0 Å². The van der Waals surface area contributed by atoms with E-state index in [0.717, 1.165) is 13.0 Å². The minimum atomic E-state index is -3.39. The van der Waals surface area contributed by atoms with E-state index in [1.54, 1.807) is 14.2 Å². The van der Waals surface area contributed by atoms with Gasteiger partial charge in [-0.15, -0.1) is 0 Å². The average Bonchev–Trinajstić information content (AvgIpc) is 3.22. The second kappa shape index (κ2) is 9.05. The summed E-state index contributed by atoms with van der Waals surface area (Å²) in [7, 11) is -0.145. The molecule has 0 spiro atoms. The smallest absolute Gasteiger partial charge is 0.281 e. The molecule has 0 aromatic rings. The number of ether oxygens (including phenoxy) is 1. The lowest BCUT2D eigenvalue weighted by Crippen LogP contribution is -2.45. The molecule has 0 aromatic heterocycles. The van der Waals surface area contributed by atoms with Crippen molar-refractivity contribution in [3.05, 3.63) is 0 Å². The Labute approximate surface area is 130 Å². The predicted octanol–water partition coefficient (Wildman–Crippen LogP) is 0.910. The van der Waals surface area contributed by atoms with Crippen molar-refractivity contribution in [2.24, 2.45) is 5.92 Å². The minimum absolute atomic E-state index is 0.293. The number of rotatable bonds is 12. The van der Waals surface area contributed by atoms with E-state index in [-0.39, 0.29) is 0 Å². The molecule has 0 aromatic carbocycles. The molecule has 7 heteroatoms. The van der Waals surface area contributed by atoms with Gasteiger partial charge in [0.25, 0.3) is 10.2 Å². The second-order valence-electron chi connectivity index (χ2n) is 6.16. The standard InChI is InChI=1S/C14H31N3O3S/c1-13(2)12-17(10-11-20-4)21(18,19)16(3)9-5-8-15-14-6-7-14/h13-15H,5-12H2,1-4H3. The van der Waals surface area contributed by atoms with E-state index >= 15 is 0 Å². The molecule has 0 saturated heterocycles. The minimum Gasteiger partial charge on any atom is -0.383 e. The summed E-state index contributed by atoms with van der Waals surface area (Å²) in [6.45, 7) is 6.82. The van der Waals surface area contributed by atoms with Gasteiger partial charge in [-0.3, -0.25) is 0 Å². The molecule has 0 amide bonds. The Bertz CT molecular complexity index is 383. The summed E-state index contributed by atoms with van der Waals surface area (Å²) < 4.78 is 33.2. The van der Waals surface area contributed by atoms with Gasteiger partial charge in [0.2, 0.25) is 0 Å². The molecule has 1 aliphatic carbocycles. The fraction of sp³-hybridized carbons (Fsp3) is 1.00. The monoisotopic (exact) mass is 321 g/mol. The molecular weight excluding hydrogens is 290 g/mol. The van der Waals surface area contributed by atoms with Crippen molar-refractivity contribution in [3.63, 3.8) is 0 Å². The van der Waals surface area contributed by atoms with Crippen LogP contribution in [0.15, 0.2) is 0 Å². The highest BCUT2D eigenvalue weighted by atomic mass is 32.2. The number of nitrogens with zero attached hydrogens (tertiary/aromatic N) is 2. The molecule has 1 N–H and O–H groups in total. The van der Waals surface area contributed by atoms with Gasteiger partial charge in [-0.2, -0.15) is 17.0 Å². The predicted molar refractivity (Wildman–Crippen MR) is 85.5 cm³/mol. The van der Waals surface area contributed by atoms with E-state index < -0.39 is 10.2 Å². The van der Waals surface area contributed by atoms with E-state index in [9.17, 15) is 8.42 Å². The summed E-state index contributed by atoms with van der Waals surface area (Å²) in [5.74, 6) is 0.293. The van der Waals surface area contributed by atoms with Crippen molar-refractivity contribution >= 4 is 10.2 Å². The Balaban J connectivity index is 2.46. The van der Waals surface area contributed by atoms with Crippen LogP contribution in [0.3, 0.4) is 0 Å². The summed E-state index contributed by atoms with van der Waals surface area (Å²) in [6, 6.07) is 0.672. The summed E-state index contributed by atoms with van der Waals surface area (Å²) in [4.78, 5) is 0. The molecule has 6 nitrogen and oxygen atoms in total. The molecule has 126 valence electrons. The van der Waals surface area contributed by atoms with Crippen molar-refractivity contribution < 1.29 is 13.2 Å². The molecule has 0 radical (unpaired) electrons. The van der Waals surface area contributed by atoms with Crippen molar-refractivity contribution in [2.75, 3.05) is 46.9 Å². The van der Waals surface area contributed by atoms with Gasteiger partial charge in [0.1, 0.15) is 0 Å². The van der Waals surface area contributed by atoms with Crippen molar-refractivity contribution in [1.29, 1.82) is 0 Å². The molecule has 0 atom stereocenters. The zero-order valence-corrected chi connectivity index (χ0v) is 14.7. The Kier molecular flexibility index (Phi) is 8.12. The van der Waals surface area contributed by atoms with Crippen LogP contribution in [0.1, 0.15) is 33.1 Å². The lowest BCUT2D eigenvalue weighted by Gasteiger charge is -2.28. The van der Waals surface area contributed by atoms with Crippen LogP contribution in [-0.4, -0.2) is 70.0 Å². The quantitative estimate of drug-likeness (QED) is 0.543.